The number of rotatable bonds is 5. The van der Waals surface area contributed by atoms with Crippen LogP contribution in [0.5, 0.6) is 0 Å². The van der Waals surface area contributed by atoms with Crippen LogP contribution < -0.4 is 0 Å². The Morgan fingerprint density at radius 2 is 2.23 bits per heavy atom. The summed E-state index contributed by atoms with van der Waals surface area (Å²) in [6.07, 6.45) is 6.95. The maximum Gasteiger partial charge on any atom is 0.109 e. The molecule has 1 aromatic rings. The highest BCUT2D eigenvalue weighted by Crippen LogP contribution is 2.22. The van der Waals surface area contributed by atoms with Gasteiger partial charge in [-0.05, 0) is 19.8 Å². The fraction of sp³-hybridized carbons (Fsp3) is 0.727. The Hall–Kier alpha value is -0.790. The fourth-order valence-corrected chi connectivity index (χ4v) is 1.63. The molecule has 2 heteroatoms. The molecule has 1 N–H and O–H groups in total. The minimum absolute atomic E-state index is 0.633. The molecule has 74 valence electrons. The predicted molar refractivity (Wildman–Crippen MR) is 55.9 cm³/mol. The second kappa shape index (κ2) is 5.05. The van der Waals surface area contributed by atoms with Gasteiger partial charge in [0.15, 0.2) is 0 Å². The highest BCUT2D eigenvalue weighted by atomic mass is 14.9. The zero-order valence-electron chi connectivity index (χ0n) is 8.93. The number of aryl methyl sites for hydroxylation is 1. The third-order valence-electron chi connectivity index (χ3n) is 2.51. The third kappa shape index (κ3) is 2.87. The van der Waals surface area contributed by atoms with Gasteiger partial charge in [0.1, 0.15) is 5.82 Å². The molecule has 0 spiro atoms. The summed E-state index contributed by atoms with van der Waals surface area (Å²) in [6.45, 7) is 6.53. The molecule has 0 aliphatic carbocycles. The van der Waals surface area contributed by atoms with Crippen LogP contribution in [0.2, 0.25) is 0 Å². The monoisotopic (exact) mass is 180 g/mol. The van der Waals surface area contributed by atoms with E-state index in [1.807, 2.05) is 6.20 Å². The van der Waals surface area contributed by atoms with Gasteiger partial charge in [0.2, 0.25) is 0 Å². The zero-order valence-corrected chi connectivity index (χ0v) is 8.93. The number of nitrogens with one attached hydrogen (secondary N) is 1. The van der Waals surface area contributed by atoms with E-state index in [4.69, 9.17) is 0 Å². The summed E-state index contributed by atoms with van der Waals surface area (Å²) in [5.74, 6) is 1.81. The molecule has 0 radical (unpaired) electrons. The van der Waals surface area contributed by atoms with Gasteiger partial charge in [-0.15, -0.1) is 0 Å². The molecule has 0 saturated heterocycles. The number of hydrogen-bond donors (Lipinski definition) is 1. The van der Waals surface area contributed by atoms with E-state index in [1.54, 1.807) is 0 Å². The standard InChI is InChI=1S/C11H20N2/c1-4-6-7-10(5-2)11-12-8-9(3)13-11/h8,10H,4-7H2,1-3H3,(H,12,13). The number of aromatic nitrogens is 2. The van der Waals surface area contributed by atoms with Crippen LogP contribution in [-0.2, 0) is 0 Å². The van der Waals surface area contributed by atoms with Gasteiger partial charge in [-0.2, -0.15) is 0 Å². The SMILES string of the molecule is CCCCC(CC)c1ncc(C)[nH]1. The van der Waals surface area contributed by atoms with Crippen LogP contribution in [0.1, 0.15) is 57.0 Å². The van der Waals surface area contributed by atoms with Crippen LogP contribution in [0.15, 0.2) is 6.20 Å². The Bertz CT molecular complexity index is 240. The van der Waals surface area contributed by atoms with Gasteiger partial charge in [-0.3, -0.25) is 0 Å². The molecule has 1 unspecified atom stereocenters. The van der Waals surface area contributed by atoms with E-state index in [1.165, 1.54) is 37.2 Å². The van der Waals surface area contributed by atoms with Crippen LogP contribution in [0.4, 0.5) is 0 Å². The molecule has 1 atom stereocenters. The van der Waals surface area contributed by atoms with E-state index in [0.29, 0.717) is 5.92 Å². The molecule has 1 heterocycles. The van der Waals surface area contributed by atoms with Gasteiger partial charge >= 0.3 is 0 Å². The van der Waals surface area contributed by atoms with Crippen LogP contribution in [0.25, 0.3) is 0 Å². The Morgan fingerprint density at radius 3 is 2.69 bits per heavy atom. The van der Waals surface area contributed by atoms with E-state index in [9.17, 15) is 0 Å². The molecule has 13 heavy (non-hydrogen) atoms. The summed E-state index contributed by atoms with van der Waals surface area (Å²) >= 11 is 0. The van der Waals surface area contributed by atoms with Crippen LogP contribution in [-0.4, -0.2) is 9.97 Å². The Balaban J connectivity index is 2.56. The first-order valence-corrected chi connectivity index (χ1v) is 5.29. The predicted octanol–water partition coefficient (Wildman–Crippen LogP) is 3.40. The van der Waals surface area contributed by atoms with Crippen molar-refractivity contribution < 1.29 is 0 Å². The average Bonchev–Trinajstić information content (AvgIpc) is 2.54. The molecule has 0 amide bonds. The number of imidazole rings is 1. The van der Waals surface area contributed by atoms with Crippen molar-refractivity contribution >= 4 is 0 Å². The van der Waals surface area contributed by atoms with Crippen LogP contribution >= 0.6 is 0 Å². The Morgan fingerprint density at radius 1 is 1.46 bits per heavy atom. The van der Waals surface area contributed by atoms with Crippen LogP contribution in [0, 0.1) is 6.92 Å². The number of hydrogen-bond acceptors (Lipinski definition) is 1. The quantitative estimate of drug-likeness (QED) is 0.739. The van der Waals surface area contributed by atoms with Crippen molar-refractivity contribution in [2.45, 2.75) is 52.4 Å². The van der Waals surface area contributed by atoms with E-state index in [-0.39, 0.29) is 0 Å². The molecule has 2 nitrogen and oxygen atoms in total. The zero-order chi connectivity index (χ0) is 9.68. The summed E-state index contributed by atoms with van der Waals surface area (Å²) in [5, 5.41) is 0. The summed E-state index contributed by atoms with van der Waals surface area (Å²) in [6, 6.07) is 0. The minimum atomic E-state index is 0.633. The maximum absolute atomic E-state index is 4.38. The molecule has 1 aromatic heterocycles. The van der Waals surface area contributed by atoms with Crippen molar-refractivity contribution in [3.05, 3.63) is 17.7 Å². The van der Waals surface area contributed by atoms with E-state index in [0.717, 1.165) is 0 Å². The number of unbranched alkanes of at least 4 members (excludes halogenated alkanes) is 1. The second-order valence-corrected chi connectivity index (χ2v) is 3.70. The minimum Gasteiger partial charge on any atom is -0.346 e. The average molecular weight is 180 g/mol. The normalized spacial score (nSPS) is 13.2. The molecule has 0 bridgehead atoms. The highest BCUT2D eigenvalue weighted by molar-refractivity contribution is 5.03. The molecular weight excluding hydrogens is 160 g/mol. The summed E-state index contributed by atoms with van der Waals surface area (Å²) in [7, 11) is 0. The smallest absolute Gasteiger partial charge is 0.109 e. The van der Waals surface area contributed by atoms with Gasteiger partial charge in [-0.25, -0.2) is 4.98 Å². The second-order valence-electron chi connectivity index (χ2n) is 3.70. The van der Waals surface area contributed by atoms with E-state index >= 15 is 0 Å². The van der Waals surface area contributed by atoms with Gasteiger partial charge in [0.25, 0.3) is 0 Å². The van der Waals surface area contributed by atoms with E-state index in [2.05, 4.69) is 30.7 Å². The van der Waals surface area contributed by atoms with Crippen LogP contribution in [0.3, 0.4) is 0 Å². The lowest BCUT2D eigenvalue weighted by atomic mass is 9.99. The van der Waals surface area contributed by atoms with Gasteiger partial charge in [-0.1, -0.05) is 26.7 Å². The molecule has 0 aliphatic heterocycles. The number of aromatic amines is 1. The van der Waals surface area contributed by atoms with Crippen molar-refractivity contribution in [2.24, 2.45) is 0 Å². The van der Waals surface area contributed by atoms with Crippen molar-refractivity contribution in [3.8, 4) is 0 Å². The van der Waals surface area contributed by atoms with E-state index < -0.39 is 0 Å². The summed E-state index contributed by atoms with van der Waals surface area (Å²) < 4.78 is 0. The van der Waals surface area contributed by atoms with Crippen molar-refractivity contribution in [1.82, 2.24) is 9.97 Å². The first-order chi connectivity index (χ1) is 6.27. The van der Waals surface area contributed by atoms with Crippen molar-refractivity contribution in [3.63, 3.8) is 0 Å². The molecule has 0 aliphatic rings. The lowest BCUT2D eigenvalue weighted by Gasteiger charge is -2.10. The topological polar surface area (TPSA) is 28.7 Å². The summed E-state index contributed by atoms with van der Waals surface area (Å²) in [5.41, 5.74) is 1.17. The first kappa shape index (κ1) is 10.3. The van der Waals surface area contributed by atoms with Gasteiger partial charge in [0, 0.05) is 17.8 Å². The molecule has 1 rings (SSSR count). The highest BCUT2D eigenvalue weighted by Gasteiger charge is 2.11. The lowest BCUT2D eigenvalue weighted by Crippen LogP contribution is -1.99. The Kier molecular flexibility index (Phi) is 4.00. The lowest BCUT2D eigenvalue weighted by molar-refractivity contribution is 0.547. The van der Waals surface area contributed by atoms with Crippen molar-refractivity contribution in [1.29, 1.82) is 0 Å². The number of nitrogens with zero attached hydrogens (tertiary/aromatic N) is 1. The number of H-pyrrole nitrogens is 1. The summed E-state index contributed by atoms with van der Waals surface area (Å²) in [4.78, 5) is 7.71. The largest absolute Gasteiger partial charge is 0.346 e. The maximum atomic E-state index is 4.38. The molecule has 0 aromatic carbocycles. The fourth-order valence-electron chi connectivity index (χ4n) is 1.63. The van der Waals surface area contributed by atoms with Gasteiger partial charge < -0.3 is 4.98 Å². The van der Waals surface area contributed by atoms with Gasteiger partial charge in [0.05, 0.1) is 0 Å². The molecular formula is C11H20N2. The third-order valence-corrected chi connectivity index (χ3v) is 2.51. The first-order valence-electron chi connectivity index (χ1n) is 5.29. The Labute approximate surface area is 80.8 Å². The molecule has 0 fully saturated rings. The van der Waals surface area contributed by atoms with Crippen molar-refractivity contribution in [2.75, 3.05) is 0 Å². The molecule has 0 saturated carbocycles.